The van der Waals surface area contributed by atoms with Gasteiger partial charge in [-0.05, 0) is 31.4 Å². The number of nitrogens with one attached hydrogen (secondary N) is 1. The van der Waals surface area contributed by atoms with Gasteiger partial charge in [-0.25, -0.2) is 4.98 Å². The minimum absolute atomic E-state index is 0.0339. The number of rotatable bonds is 6. The SMILES string of the molecule is CCN(CCC(=O)OC)Cc1nc2sc3c(c2c(=O)[nH]1)CCC3. The maximum Gasteiger partial charge on any atom is 0.306 e. The standard InChI is InChI=1S/C16H21N3O3S/c1-3-19(8-7-13(20)22-2)9-12-17-15(21)14-10-5-4-6-11(10)23-16(14)18-12/h3-9H2,1-2H3,(H,17,18,21). The van der Waals surface area contributed by atoms with Gasteiger partial charge in [0.2, 0.25) is 0 Å². The van der Waals surface area contributed by atoms with Crippen molar-refractivity contribution in [2.45, 2.75) is 39.2 Å². The van der Waals surface area contributed by atoms with Crippen molar-refractivity contribution in [3.8, 4) is 0 Å². The predicted molar refractivity (Wildman–Crippen MR) is 89.8 cm³/mol. The highest BCUT2D eigenvalue weighted by atomic mass is 32.1. The number of hydrogen-bond donors (Lipinski definition) is 1. The van der Waals surface area contributed by atoms with Crippen LogP contribution >= 0.6 is 11.3 Å². The van der Waals surface area contributed by atoms with Crippen LogP contribution < -0.4 is 5.56 Å². The highest BCUT2D eigenvalue weighted by Gasteiger charge is 2.21. The Labute approximate surface area is 138 Å². The first-order chi connectivity index (χ1) is 11.1. The van der Waals surface area contributed by atoms with E-state index in [-0.39, 0.29) is 11.5 Å². The summed E-state index contributed by atoms with van der Waals surface area (Å²) >= 11 is 1.65. The van der Waals surface area contributed by atoms with E-state index in [1.807, 2.05) is 6.92 Å². The van der Waals surface area contributed by atoms with Gasteiger partial charge in [0.15, 0.2) is 0 Å². The van der Waals surface area contributed by atoms with Gasteiger partial charge in [-0.1, -0.05) is 6.92 Å². The van der Waals surface area contributed by atoms with Gasteiger partial charge in [-0.15, -0.1) is 11.3 Å². The molecule has 0 saturated heterocycles. The molecule has 0 fully saturated rings. The third-order valence-electron chi connectivity index (χ3n) is 4.30. The fourth-order valence-corrected chi connectivity index (χ4v) is 4.31. The lowest BCUT2D eigenvalue weighted by molar-refractivity contribution is -0.141. The van der Waals surface area contributed by atoms with Gasteiger partial charge >= 0.3 is 5.97 Å². The van der Waals surface area contributed by atoms with Crippen LogP contribution in [0.15, 0.2) is 4.79 Å². The summed E-state index contributed by atoms with van der Waals surface area (Å²) in [5.74, 6) is 0.434. The Kier molecular flexibility index (Phi) is 4.77. The van der Waals surface area contributed by atoms with Crippen LogP contribution in [0.4, 0.5) is 0 Å². The van der Waals surface area contributed by atoms with E-state index in [0.29, 0.717) is 25.3 Å². The molecule has 124 valence electrons. The van der Waals surface area contributed by atoms with Crippen LogP contribution in [0.5, 0.6) is 0 Å². The van der Waals surface area contributed by atoms with Crippen LogP contribution in [-0.2, 0) is 28.9 Å². The van der Waals surface area contributed by atoms with Crippen molar-refractivity contribution in [2.24, 2.45) is 0 Å². The molecule has 1 N–H and O–H groups in total. The van der Waals surface area contributed by atoms with E-state index in [1.165, 1.54) is 17.6 Å². The Hall–Kier alpha value is -1.73. The van der Waals surface area contributed by atoms with E-state index in [0.717, 1.165) is 36.0 Å². The molecule has 2 heterocycles. The van der Waals surface area contributed by atoms with Crippen molar-refractivity contribution in [1.29, 1.82) is 0 Å². The average molecular weight is 335 g/mol. The minimum Gasteiger partial charge on any atom is -0.469 e. The molecule has 7 heteroatoms. The third-order valence-corrected chi connectivity index (χ3v) is 5.49. The molecule has 0 aromatic carbocycles. The first kappa shape index (κ1) is 16.1. The molecule has 6 nitrogen and oxygen atoms in total. The monoisotopic (exact) mass is 335 g/mol. The van der Waals surface area contributed by atoms with Gasteiger partial charge in [0.25, 0.3) is 5.56 Å². The maximum absolute atomic E-state index is 12.4. The Bertz CT molecular complexity index is 781. The number of methoxy groups -OCH3 is 1. The summed E-state index contributed by atoms with van der Waals surface area (Å²) < 4.78 is 4.67. The van der Waals surface area contributed by atoms with Crippen molar-refractivity contribution in [3.05, 3.63) is 26.6 Å². The number of carbonyl (C=O) groups excluding carboxylic acids is 1. The van der Waals surface area contributed by atoms with Crippen LogP contribution in [0.2, 0.25) is 0 Å². The van der Waals surface area contributed by atoms with Crippen molar-refractivity contribution >= 4 is 27.5 Å². The Morgan fingerprint density at radius 2 is 2.26 bits per heavy atom. The Morgan fingerprint density at radius 3 is 3.00 bits per heavy atom. The summed E-state index contributed by atoms with van der Waals surface area (Å²) in [4.78, 5) is 35.5. The molecule has 0 unspecified atom stereocenters. The van der Waals surface area contributed by atoms with Gasteiger partial charge in [-0.3, -0.25) is 14.5 Å². The lowest BCUT2D eigenvalue weighted by atomic mass is 10.2. The van der Waals surface area contributed by atoms with Gasteiger partial charge in [0, 0.05) is 11.4 Å². The molecular formula is C16H21N3O3S. The van der Waals surface area contributed by atoms with Crippen molar-refractivity contribution in [3.63, 3.8) is 0 Å². The molecule has 0 radical (unpaired) electrons. The minimum atomic E-state index is -0.227. The normalized spacial score (nSPS) is 13.7. The first-order valence-corrected chi connectivity index (χ1v) is 8.76. The number of aromatic nitrogens is 2. The van der Waals surface area contributed by atoms with Crippen molar-refractivity contribution in [2.75, 3.05) is 20.2 Å². The smallest absolute Gasteiger partial charge is 0.306 e. The largest absolute Gasteiger partial charge is 0.469 e. The van der Waals surface area contributed by atoms with E-state index in [1.54, 1.807) is 11.3 Å². The summed E-state index contributed by atoms with van der Waals surface area (Å²) in [6.07, 6.45) is 3.52. The number of nitrogens with zero attached hydrogens (tertiary/aromatic N) is 2. The molecule has 0 saturated carbocycles. The third kappa shape index (κ3) is 3.30. The summed E-state index contributed by atoms with van der Waals surface area (Å²) in [5, 5.41) is 0.781. The zero-order chi connectivity index (χ0) is 16.4. The van der Waals surface area contributed by atoms with E-state index < -0.39 is 0 Å². The second kappa shape index (κ2) is 6.80. The van der Waals surface area contributed by atoms with E-state index >= 15 is 0 Å². The summed E-state index contributed by atoms with van der Waals surface area (Å²) in [5.41, 5.74) is 1.16. The lowest BCUT2D eigenvalue weighted by Crippen LogP contribution is -2.28. The first-order valence-electron chi connectivity index (χ1n) is 7.95. The van der Waals surface area contributed by atoms with Crippen LogP contribution in [0.1, 0.15) is 36.0 Å². The second-order valence-electron chi connectivity index (χ2n) is 5.75. The molecule has 1 aliphatic rings. The number of carbonyl (C=O) groups is 1. The fraction of sp³-hybridized carbons (Fsp3) is 0.562. The highest BCUT2D eigenvalue weighted by molar-refractivity contribution is 7.18. The number of thiophene rings is 1. The van der Waals surface area contributed by atoms with Gasteiger partial charge < -0.3 is 9.72 Å². The van der Waals surface area contributed by atoms with Crippen LogP contribution in [-0.4, -0.2) is 41.0 Å². The quantitative estimate of drug-likeness (QED) is 0.816. The zero-order valence-corrected chi connectivity index (χ0v) is 14.3. The number of hydrogen-bond acceptors (Lipinski definition) is 6. The van der Waals surface area contributed by atoms with Gasteiger partial charge in [-0.2, -0.15) is 0 Å². The molecular weight excluding hydrogens is 314 g/mol. The molecule has 0 bridgehead atoms. The van der Waals surface area contributed by atoms with Crippen molar-refractivity contribution < 1.29 is 9.53 Å². The number of ether oxygens (including phenoxy) is 1. The number of esters is 1. The molecule has 23 heavy (non-hydrogen) atoms. The molecule has 3 rings (SSSR count). The molecule has 1 aliphatic carbocycles. The summed E-state index contributed by atoms with van der Waals surface area (Å²) in [6.45, 7) is 3.92. The van der Waals surface area contributed by atoms with Gasteiger partial charge in [0.1, 0.15) is 10.7 Å². The Balaban J connectivity index is 1.80. The average Bonchev–Trinajstić information content (AvgIpc) is 3.11. The van der Waals surface area contributed by atoms with E-state index in [4.69, 9.17) is 0 Å². The number of H-pyrrole nitrogens is 1. The van der Waals surface area contributed by atoms with Crippen LogP contribution in [0, 0.1) is 0 Å². The lowest BCUT2D eigenvalue weighted by Gasteiger charge is -2.18. The van der Waals surface area contributed by atoms with Crippen molar-refractivity contribution in [1.82, 2.24) is 14.9 Å². The number of fused-ring (bicyclic) bond motifs is 3. The number of aromatic amines is 1. The van der Waals surface area contributed by atoms with Crippen LogP contribution in [0.25, 0.3) is 10.2 Å². The molecule has 0 aliphatic heterocycles. The van der Waals surface area contributed by atoms with Gasteiger partial charge in [0.05, 0.1) is 25.5 Å². The maximum atomic E-state index is 12.4. The zero-order valence-electron chi connectivity index (χ0n) is 13.5. The fourth-order valence-electron chi connectivity index (χ4n) is 3.03. The molecule has 0 atom stereocenters. The predicted octanol–water partition coefficient (Wildman–Crippen LogP) is 1.86. The molecule has 2 aromatic rings. The summed E-state index contributed by atoms with van der Waals surface area (Å²) in [6, 6.07) is 0. The molecule has 0 amide bonds. The molecule has 2 aromatic heterocycles. The van der Waals surface area contributed by atoms with Crippen LogP contribution in [0.3, 0.4) is 0 Å². The summed E-state index contributed by atoms with van der Waals surface area (Å²) in [7, 11) is 1.39. The number of aryl methyl sites for hydroxylation is 2. The second-order valence-corrected chi connectivity index (χ2v) is 6.83. The Morgan fingerprint density at radius 1 is 1.43 bits per heavy atom. The highest BCUT2D eigenvalue weighted by Crippen LogP contribution is 2.34. The van der Waals surface area contributed by atoms with E-state index in [9.17, 15) is 9.59 Å². The topological polar surface area (TPSA) is 75.3 Å². The van der Waals surface area contributed by atoms with E-state index in [2.05, 4.69) is 19.6 Å². The molecule has 0 spiro atoms.